The van der Waals surface area contributed by atoms with Gasteiger partial charge >= 0.3 is 0 Å². The molecular formula is C12H18ClN3S2. The minimum absolute atomic E-state index is 0. The standard InChI is InChI=1S/C12H17N3S2.ClH/c1-14(2)11(17-12(16)15(3)4)13-10-8-6-5-7-9-10;/h5-9H,1-4H3;1H/b13-11-;. The van der Waals surface area contributed by atoms with Crippen molar-refractivity contribution in [3.63, 3.8) is 0 Å². The van der Waals surface area contributed by atoms with E-state index in [9.17, 15) is 0 Å². The number of hydrogen-bond acceptors (Lipinski definition) is 3. The van der Waals surface area contributed by atoms with Crippen LogP contribution in [0.5, 0.6) is 0 Å². The lowest BCUT2D eigenvalue weighted by molar-refractivity contribution is 0.634. The highest BCUT2D eigenvalue weighted by atomic mass is 35.5. The van der Waals surface area contributed by atoms with Crippen molar-refractivity contribution in [3.8, 4) is 0 Å². The summed E-state index contributed by atoms with van der Waals surface area (Å²) in [5, 5.41) is 0.884. The predicted molar refractivity (Wildman–Crippen MR) is 88.3 cm³/mol. The Bertz CT molecular complexity index is 405. The normalized spacial score (nSPS) is 10.6. The maximum absolute atomic E-state index is 5.27. The van der Waals surface area contributed by atoms with Crippen LogP contribution in [-0.2, 0) is 0 Å². The molecular weight excluding hydrogens is 286 g/mol. The number of thiocarbonyl (C=S) groups is 1. The van der Waals surface area contributed by atoms with Crippen molar-refractivity contribution in [1.29, 1.82) is 0 Å². The van der Waals surface area contributed by atoms with Gasteiger partial charge in [0.05, 0.1) is 5.69 Å². The number of amidine groups is 1. The van der Waals surface area contributed by atoms with Crippen LogP contribution >= 0.6 is 36.4 Å². The van der Waals surface area contributed by atoms with Gasteiger partial charge in [0, 0.05) is 28.2 Å². The summed E-state index contributed by atoms with van der Waals surface area (Å²) in [4.78, 5) is 8.44. The maximum atomic E-state index is 5.27. The van der Waals surface area contributed by atoms with Gasteiger partial charge in [0.25, 0.3) is 0 Å². The van der Waals surface area contributed by atoms with Gasteiger partial charge in [0.1, 0.15) is 4.32 Å². The molecule has 0 aliphatic rings. The first-order chi connectivity index (χ1) is 8.00. The summed E-state index contributed by atoms with van der Waals surface area (Å²) >= 11 is 6.76. The van der Waals surface area contributed by atoms with E-state index in [1.54, 1.807) is 0 Å². The third kappa shape index (κ3) is 5.71. The summed E-state index contributed by atoms with van der Waals surface area (Å²) < 4.78 is 0.799. The lowest BCUT2D eigenvalue weighted by atomic mass is 10.3. The van der Waals surface area contributed by atoms with E-state index in [-0.39, 0.29) is 12.4 Å². The molecule has 0 heterocycles. The summed E-state index contributed by atoms with van der Waals surface area (Å²) in [7, 11) is 7.80. The molecule has 100 valence electrons. The van der Waals surface area contributed by atoms with E-state index in [0.717, 1.165) is 15.2 Å². The van der Waals surface area contributed by atoms with E-state index in [4.69, 9.17) is 12.2 Å². The van der Waals surface area contributed by atoms with Crippen molar-refractivity contribution in [3.05, 3.63) is 30.3 Å². The zero-order valence-electron chi connectivity index (χ0n) is 11.0. The minimum atomic E-state index is 0. The molecule has 0 saturated heterocycles. The molecule has 0 atom stereocenters. The number of hydrogen-bond donors (Lipinski definition) is 0. The van der Waals surface area contributed by atoms with Gasteiger partial charge < -0.3 is 9.80 Å². The van der Waals surface area contributed by atoms with Gasteiger partial charge in [-0.2, -0.15) is 0 Å². The van der Waals surface area contributed by atoms with E-state index in [1.807, 2.05) is 68.3 Å². The van der Waals surface area contributed by atoms with Crippen LogP contribution in [0.4, 0.5) is 5.69 Å². The molecule has 1 aromatic carbocycles. The van der Waals surface area contributed by atoms with Crippen molar-refractivity contribution in [2.75, 3.05) is 28.2 Å². The van der Waals surface area contributed by atoms with Gasteiger partial charge in [-0.15, -0.1) is 12.4 Å². The fourth-order valence-corrected chi connectivity index (χ4v) is 1.89. The average molecular weight is 304 g/mol. The summed E-state index contributed by atoms with van der Waals surface area (Å²) in [6, 6.07) is 9.87. The summed E-state index contributed by atoms with van der Waals surface area (Å²) in [5.74, 6) is 0. The Morgan fingerprint density at radius 2 is 1.61 bits per heavy atom. The maximum Gasteiger partial charge on any atom is 0.170 e. The summed E-state index contributed by atoms with van der Waals surface area (Å²) in [5.41, 5.74) is 0.935. The Morgan fingerprint density at radius 3 is 2.06 bits per heavy atom. The molecule has 0 amide bonds. The Balaban J connectivity index is 0.00000289. The van der Waals surface area contributed by atoms with Crippen LogP contribution in [0.25, 0.3) is 0 Å². The number of thioether (sulfide) groups is 1. The second-order valence-corrected chi connectivity index (χ2v) is 5.49. The van der Waals surface area contributed by atoms with Gasteiger partial charge in [-0.3, -0.25) is 0 Å². The molecule has 0 saturated carbocycles. The lowest BCUT2D eigenvalue weighted by Gasteiger charge is -2.18. The molecule has 0 aromatic heterocycles. The fourth-order valence-electron chi connectivity index (χ4n) is 0.996. The topological polar surface area (TPSA) is 18.8 Å². The summed E-state index contributed by atoms with van der Waals surface area (Å²) in [6.45, 7) is 0. The lowest BCUT2D eigenvalue weighted by Crippen LogP contribution is -2.24. The first-order valence-electron chi connectivity index (χ1n) is 5.21. The molecule has 0 aliphatic heterocycles. The van der Waals surface area contributed by atoms with E-state index >= 15 is 0 Å². The first kappa shape index (κ1) is 17.2. The SMILES string of the molecule is CN(C)C(=S)S/C(=N\c1ccccc1)N(C)C.Cl. The highest BCUT2D eigenvalue weighted by molar-refractivity contribution is 8.32. The van der Waals surface area contributed by atoms with Crippen molar-refractivity contribution in [2.45, 2.75) is 0 Å². The molecule has 0 aliphatic carbocycles. The van der Waals surface area contributed by atoms with Crippen LogP contribution in [0.1, 0.15) is 0 Å². The summed E-state index contributed by atoms with van der Waals surface area (Å²) in [6.07, 6.45) is 0. The molecule has 0 unspecified atom stereocenters. The molecule has 0 spiro atoms. The fraction of sp³-hybridized carbons (Fsp3) is 0.333. The zero-order valence-corrected chi connectivity index (χ0v) is 13.4. The van der Waals surface area contributed by atoms with Crippen molar-refractivity contribution in [1.82, 2.24) is 9.80 Å². The van der Waals surface area contributed by atoms with Crippen LogP contribution in [0, 0.1) is 0 Å². The Labute approximate surface area is 125 Å². The Morgan fingerprint density at radius 1 is 1.06 bits per heavy atom. The number of benzene rings is 1. The number of rotatable bonds is 1. The third-order valence-electron chi connectivity index (χ3n) is 1.91. The van der Waals surface area contributed by atoms with Crippen LogP contribution < -0.4 is 0 Å². The third-order valence-corrected chi connectivity index (χ3v) is 3.70. The average Bonchev–Trinajstić information content (AvgIpc) is 2.29. The van der Waals surface area contributed by atoms with Crippen LogP contribution in [0.2, 0.25) is 0 Å². The predicted octanol–water partition coefficient (Wildman–Crippen LogP) is 3.24. The van der Waals surface area contributed by atoms with Crippen molar-refractivity contribution < 1.29 is 0 Å². The van der Waals surface area contributed by atoms with Gasteiger partial charge in [0.2, 0.25) is 0 Å². The number of nitrogens with zero attached hydrogens (tertiary/aromatic N) is 3. The first-order valence-corrected chi connectivity index (χ1v) is 6.43. The molecule has 1 aromatic rings. The van der Waals surface area contributed by atoms with Crippen LogP contribution in [0.15, 0.2) is 35.3 Å². The van der Waals surface area contributed by atoms with Gasteiger partial charge in [-0.1, -0.05) is 30.4 Å². The number of halogens is 1. The molecule has 6 heteroatoms. The van der Waals surface area contributed by atoms with Crippen LogP contribution in [-0.4, -0.2) is 47.5 Å². The molecule has 0 bridgehead atoms. The van der Waals surface area contributed by atoms with Gasteiger partial charge in [-0.25, -0.2) is 4.99 Å². The van der Waals surface area contributed by atoms with E-state index in [2.05, 4.69) is 4.99 Å². The highest BCUT2D eigenvalue weighted by Gasteiger charge is 2.09. The largest absolute Gasteiger partial charge is 0.363 e. The second-order valence-electron chi connectivity index (χ2n) is 3.89. The minimum Gasteiger partial charge on any atom is -0.363 e. The van der Waals surface area contributed by atoms with E-state index < -0.39 is 0 Å². The molecule has 1 rings (SSSR count). The van der Waals surface area contributed by atoms with Gasteiger partial charge in [0.15, 0.2) is 5.17 Å². The molecule has 18 heavy (non-hydrogen) atoms. The van der Waals surface area contributed by atoms with Gasteiger partial charge in [-0.05, 0) is 23.9 Å². The molecule has 0 fully saturated rings. The molecule has 0 radical (unpaired) electrons. The Kier molecular flexibility index (Phi) is 7.98. The van der Waals surface area contributed by atoms with Crippen molar-refractivity contribution >= 4 is 51.6 Å². The number of para-hydroxylation sites is 1. The van der Waals surface area contributed by atoms with Crippen molar-refractivity contribution in [2.24, 2.45) is 4.99 Å². The second kappa shape index (κ2) is 8.34. The highest BCUT2D eigenvalue weighted by Crippen LogP contribution is 2.17. The molecule has 0 N–H and O–H groups in total. The van der Waals surface area contributed by atoms with Crippen LogP contribution in [0.3, 0.4) is 0 Å². The Hall–Kier alpha value is -0.780. The van der Waals surface area contributed by atoms with E-state index in [0.29, 0.717) is 0 Å². The molecule has 3 nitrogen and oxygen atoms in total. The quantitative estimate of drug-likeness (QED) is 0.450. The monoisotopic (exact) mass is 303 g/mol. The number of aliphatic imine (C=N–C) groups is 1. The smallest absolute Gasteiger partial charge is 0.170 e. The van der Waals surface area contributed by atoms with E-state index in [1.165, 1.54) is 11.8 Å². The zero-order chi connectivity index (χ0) is 12.8.